The highest BCUT2D eigenvalue weighted by Crippen LogP contribution is 2.31. The van der Waals surface area contributed by atoms with E-state index in [1.807, 2.05) is 0 Å². The molecule has 0 bridgehead atoms. The van der Waals surface area contributed by atoms with E-state index in [4.69, 9.17) is 11.6 Å². The van der Waals surface area contributed by atoms with E-state index in [0.717, 1.165) is 18.5 Å². The molecule has 4 nitrogen and oxygen atoms in total. The quantitative estimate of drug-likeness (QED) is 0.823. The molecule has 0 atom stereocenters. The number of hydrogen-bond donors (Lipinski definition) is 1. The zero-order chi connectivity index (χ0) is 11.8. The van der Waals surface area contributed by atoms with Gasteiger partial charge in [0.1, 0.15) is 0 Å². The third-order valence-electron chi connectivity index (χ3n) is 2.78. The van der Waals surface area contributed by atoms with Crippen LogP contribution in [0.25, 0.3) is 0 Å². The van der Waals surface area contributed by atoms with Crippen LogP contribution in [0, 0.1) is 5.92 Å². The van der Waals surface area contributed by atoms with Gasteiger partial charge in [0, 0.05) is 25.5 Å². The molecular weight excluding hydrogens is 248 g/mol. The van der Waals surface area contributed by atoms with Crippen molar-refractivity contribution >= 4 is 21.6 Å². The van der Waals surface area contributed by atoms with Crippen molar-refractivity contribution in [3.8, 4) is 0 Å². The average molecular weight is 263 g/mol. The van der Waals surface area contributed by atoms with Gasteiger partial charge in [-0.2, -0.15) is 0 Å². The Labute approximate surface area is 101 Å². The van der Waals surface area contributed by atoms with E-state index < -0.39 is 10.0 Å². The first kappa shape index (κ1) is 12.0. The Morgan fingerprint density at radius 3 is 2.75 bits per heavy atom. The number of rotatable bonds is 5. The monoisotopic (exact) mass is 262 g/mol. The lowest BCUT2D eigenvalue weighted by Crippen LogP contribution is -2.28. The normalized spacial score (nSPS) is 16.9. The van der Waals surface area contributed by atoms with Crippen molar-refractivity contribution in [1.82, 2.24) is 9.29 Å². The molecule has 0 saturated heterocycles. The molecule has 2 rings (SSSR count). The predicted molar refractivity (Wildman–Crippen MR) is 62.9 cm³/mol. The molecule has 0 radical (unpaired) electrons. The minimum absolute atomic E-state index is 0.294. The molecule has 90 valence electrons. The molecule has 1 saturated carbocycles. The van der Waals surface area contributed by atoms with Crippen molar-refractivity contribution < 1.29 is 8.42 Å². The fraction of sp³-hybridized carbons (Fsp3) is 0.600. The van der Waals surface area contributed by atoms with E-state index in [9.17, 15) is 8.42 Å². The minimum Gasteiger partial charge on any atom is -0.363 e. The summed E-state index contributed by atoms with van der Waals surface area (Å²) in [6, 6.07) is 1.59. The first-order valence-electron chi connectivity index (χ1n) is 5.23. The Morgan fingerprint density at radius 1 is 1.56 bits per heavy atom. The zero-order valence-electron chi connectivity index (χ0n) is 9.11. The van der Waals surface area contributed by atoms with E-state index in [1.165, 1.54) is 10.5 Å². The standard InChI is InChI=1S/C10H15ClN2O2S/c1-13(7-8-2-3-8)16(14,15)10-4-9(5-11)12-6-10/h4,6,8,12H,2-3,5,7H2,1H3. The van der Waals surface area contributed by atoms with E-state index >= 15 is 0 Å². The van der Waals surface area contributed by atoms with Crippen LogP contribution in [-0.2, 0) is 15.9 Å². The van der Waals surface area contributed by atoms with Gasteiger partial charge in [-0.3, -0.25) is 0 Å². The first-order valence-corrected chi connectivity index (χ1v) is 7.21. The van der Waals surface area contributed by atoms with Crippen LogP contribution >= 0.6 is 11.6 Å². The van der Waals surface area contributed by atoms with Crippen molar-refractivity contribution in [2.75, 3.05) is 13.6 Å². The maximum atomic E-state index is 12.1. The van der Waals surface area contributed by atoms with Gasteiger partial charge in [-0.05, 0) is 24.8 Å². The molecule has 1 N–H and O–H groups in total. The topological polar surface area (TPSA) is 53.2 Å². The maximum absolute atomic E-state index is 12.1. The Hall–Kier alpha value is -0.520. The SMILES string of the molecule is CN(CC1CC1)S(=O)(=O)c1c[nH]c(CCl)c1. The minimum atomic E-state index is -3.34. The van der Waals surface area contributed by atoms with E-state index in [-0.39, 0.29) is 0 Å². The number of sulfonamides is 1. The van der Waals surface area contributed by atoms with E-state index in [2.05, 4.69) is 4.98 Å². The second-order valence-corrected chi connectivity index (χ2v) is 6.54. The number of halogens is 1. The number of hydrogen-bond acceptors (Lipinski definition) is 2. The summed E-state index contributed by atoms with van der Waals surface area (Å²) in [7, 11) is -1.71. The summed E-state index contributed by atoms with van der Waals surface area (Å²) in [5.41, 5.74) is 0.722. The molecule has 6 heteroatoms. The summed E-state index contributed by atoms with van der Waals surface area (Å²) in [6.45, 7) is 0.615. The number of aromatic amines is 1. The second-order valence-electron chi connectivity index (χ2n) is 4.22. The van der Waals surface area contributed by atoms with Crippen LogP contribution in [0.1, 0.15) is 18.5 Å². The van der Waals surface area contributed by atoms with Crippen LogP contribution in [0.2, 0.25) is 0 Å². The highest BCUT2D eigenvalue weighted by molar-refractivity contribution is 7.89. The van der Waals surface area contributed by atoms with Gasteiger partial charge in [0.25, 0.3) is 0 Å². The fourth-order valence-electron chi connectivity index (χ4n) is 1.59. The number of H-pyrrole nitrogens is 1. The summed E-state index contributed by atoms with van der Waals surface area (Å²) in [5.74, 6) is 0.841. The summed E-state index contributed by atoms with van der Waals surface area (Å²) >= 11 is 5.62. The van der Waals surface area contributed by atoms with Crippen LogP contribution in [0.5, 0.6) is 0 Å². The summed E-state index contributed by atoms with van der Waals surface area (Å²) in [6.07, 6.45) is 3.77. The molecule has 16 heavy (non-hydrogen) atoms. The van der Waals surface area contributed by atoms with Crippen molar-refractivity contribution in [3.05, 3.63) is 18.0 Å². The van der Waals surface area contributed by atoms with Crippen LogP contribution < -0.4 is 0 Å². The molecule has 0 amide bonds. The van der Waals surface area contributed by atoms with Crippen molar-refractivity contribution in [1.29, 1.82) is 0 Å². The fourth-order valence-corrected chi connectivity index (χ4v) is 3.01. The van der Waals surface area contributed by atoms with Crippen LogP contribution in [0.15, 0.2) is 17.2 Å². The lowest BCUT2D eigenvalue weighted by atomic mass is 10.4. The average Bonchev–Trinajstić information content (AvgIpc) is 2.93. The number of nitrogens with zero attached hydrogens (tertiary/aromatic N) is 1. The van der Waals surface area contributed by atoms with Gasteiger partial charge in [0.2, 0.25) is 10.0 Å². The highest BCUT2D eigenvalue weighted by Gasteiger charge is 2.29. The van der Waals surface area contributed by atoms with Gasteiger partial charge in [-0.15, -0.1) is 11.6 Å². The second kappa shape index (κ2) is 4.39. The van der Waals surface area contributed by atoms with Gasteiger partial charge >= 0.3 is 0 Å². The van der Waals surface area contributed by atoms with Crippen LogP contribution in [-0.4, -0.2) is 31.3 Å². The van der Waals surface area contributed by atoms with Gasteiger partial charge in [0.15, 0.2) is 0 Å². The van der Waals surface area contributed by atoms with Gasteiger partial charge in [-0.1, -0.05) is 0 Å². The Morgan fingerprint density at radius 2 is 2.25 bits per heavy atom. The van der Waals surface area contributed by atoms with E-state index in [1.54, 1.807) is 13.1 Å². The molecule has 1 heterocycles. The number of nitrogens with one attached hydrogen (secondary N) is 1. The molecule has 1 fully saturated rings. The molecule has 1 aliphatic carbocycles. The van der Waals surface area contributed by atoms with Crippen LogP contribution in [0.3, 0.4) is 0 Å². The third-order valence-corrected chi connectivity index (χ3v) is 4.87. The summed E-state index contributed by atoms with van der Waals surface area (Å²) in [5, 5.41) is 0. The van der Waals surface area contributed by atoms with Gasteiger partial charge in [0.05, 0.1) is 10.8 Å². The maximum Gasteiger partial charge on any atom is 0.244 e. The van der Waals surface area contributed by atoms with Crippen LogP contribution in [0.4, 0.5) is 0 Å². The van der Waals surface area contributed by atoms with Crippen molar-refractivity contribution in [2.24, 2.45) is 5.92 Å². The lowest BCUT2D eigenvalue weighted by Gasteiger charge is -2.15. The summed E-state index contributed by atoms with van der Waals surface area (Å²) in [4.78, 5) is 3.15. The Balaban J connectivity index is 2.16. The largest absolute Gasteiger partial charge is 0.363 e. The smallest absolute Gasteiger partial charge is 0.244 e. The molecule has 0 aromatic carbocycles. The van der Waals surface area contributed by atoms with Gasteiger partial charge < -0.3 is 4.98 Å². The predicted octanol–water partition coefficient (Wildman–Crippen LogP) is 1.78. The van der Waals surface area contributed by atoms with E-state index in [0.29, 0.717) is 23.2 Å². The number of aromatic nitrogens is 1. The Bertz CT molecular complexity index is 465. The van der Waals surface area contributed by atoms with Crippen molar-refractivity contribution in [3.63, 3.8) is 0 Å². The molecule has 1 aromatic heterocycles. The third kappa shape index (κ3) is 2.42. The van der Waals surface area contributed by atoms with Gasteiger partial charge in [-0.25, -0.2) is 12.7 Å². The molecule has 0 aliphatic heterocycles. The van der Waals surface area contributed by atoms with Crippen molar-refractivity contribution in [2.45, 2.75) is 23.6 Å². The molecule has 0 spiro atoms. The Kier molecular flexibility index (Phi) is 3.28. The first-order chi connectivity index (χ1) is 7.54. The number of alkyl halides is 1. The summed E-state index contributed by atoms with van der Waals surface area (Å²) < 4.78 is 25.6. The molecule has 1 aromatic rings. The molecule has 1 aliphatic rings. The lowest BCUT2D eigenvalue weighted by molar-refractivity contribution is 0.453. The zero-order valence-corrected chi connectivity index (χ0v) is 10.7. The highest BCUT2D eigenvalue weighted by atomic mass is 35.5. The molecule has 0 unspecified atom stereocenters. The molecular formula is C10H15ClN2O2S.